The molecule has 1 aliphatic heterocycles. The second kappa shape index (κ2) is 3.09. The lowest BCUT2D eigenvalue weighted by Gasteiger charge is -2.11. The molecule has 68 valence electrons. The number of hydrogen-bond acceptors (Lipinski definition) is 3. The molecule has 0 spiro atoms. The molecule has 0 unspecified atom stereocenters. The molecule has 3 nitrogen and oxygen atoms in total. The average Bonchev–Trinajstić information content (AvgIpc) is 2.48. The van der Waals surface area contributed by atoms with Gasteiger partial charge in [-0.2, -0.15) is 0 Å². The summed E-state index contributed by atoms with van der Waals surface area (Å²) in [6, 6.07) is 6.10. The molecule has 0 atom stereocenters. The molecule has 0 fully saturated rings. The predicted molar refractivity (Wildman–Crippen MR) is 52.8 cm³/mol. The van der Waals surface area contributed by atoms with Crippen molar-refractivity contribution in [3.63, 3.8) is 0 Å². The van der Waals surface area contributed by atoms with Gasteiger partial charge in [-0.3, -0.25) is 0 Å². The average molecular weight is 176 g/mol. The fourth-order valence-corrected chi connectivity index (χ4v) is 1.73. The summed E-state index contributed by atoms with van der Waals surface area (Å²) in [6.45, 7) is 1.08. The Morgan fingerprint density at radius 3 is 3.15 bits per heavy atom. The third-order valence-electron chi connectivity index (χ3n) is 2.44. The molecule has 0 aliphatic carbocycles. The Labute approximate surface area is 77.3 Å². The second-order valence-corrected chi connectivity index (χ2v) is 3.30. The molecule has 0 amide bonds. The van der Waals surface area contributed by atoms with Crippen molar-refractivity contribution in [2.24, 2.45) is 5.16 Å². The molecule has 0 saturated carbocycles. The first-order chi connectivity index (χ1) is 6.31. The molecule has 1 aromatic rings. The van der Waals surface area contributed by atoms with Crippen LogP contribution in [-0.4, -0.2) is 25.0 Å². The molecular formula is C10H12N2O. The fraction of sp³-hybridized carbons (Fsp3) is 0.300. The zero-order valence-electron chi connectivity index (χ0n) is 7.57. The van der Waals surface area contributed by atoms with Gasteiger partial charge >= 0.3 is 0 Å². The van der Waals surface area contributed by atoms with Crippen LogP contribution in [0.4, 0.5) is 5.69 Å². The van der Waals surface area contributed by atoms with Crippen LogP contribution in [0.3, 0.4) is 0 Å². The molecule has 3 heteroatoms. The summed E-state index contributed by atoms with van der Waals surface area (Å²) < 4.78 is 0. The summed E-state index contributed by atoms with van der Waals surface area (Å²) in [4.78, 5) is 2.23. The summed E-state index contributed by atoms with van der Waals surface area (Å²) in [7, 11) is 2.09. The lowest BCUT2D eigenvalue weighted by atomic mass is 10.1. The van der Waals surface area contributed by atoms with Crippen molar-refractivity contribution in [3.8, 4) is 0 Å². The topological polar surface area (TPSA) is 35.8 Å². The number of oxime groups is 1. The van der Waals surface area contributed by atoms with Gasteiger partial charge in [-0.25, -0.2) is 0 Å². The maximum atomic E-state index is 8.38. The maximum absolute atomic E-state index is 8.38. The monoisotopic (exact) mass is 176 g/mol. The molecule has 0 bridgehead atoms. The van der Waals surface area contributed by atoms with E-state index in [1.165, 1.54) is 17.5 Å². The first-order valence-corrected chi connectivity index (χ1v) is 4.33. The Morgan fingerprint density at radius 2 is 2.38 bits per heavy atom. The van der Waals surface area contributed by atoms with Gasteiger partial charge in [0.1, 0.15) is 0 Å². The van der Waals surface area contributed by atoms with Crippen molar-refractivity contribution >= 4 is 11.9 Å². The zero-order valence-corrected chi connectivity index (χ0v) is 7.57. The quantitative estimate of drug-likeness (QED) is 0.400. The first kappa shape index (κ1) is 8.10. The second-order valence-electron chi connectivity index (χ2n) is 3.30. The Hall–Kier alpha value is -1.51. The standard InChI is InChI=1S/C10H12N2O/c1-12-5-4-9-6-8(7-11-13)2-3-10(9)12/h2-3,6-7,13H,4-5H2,1H3/b11-7-. The normalized spacial score (nSPS) is 15.3. The Morgan fingerprint density at radius 1 is 1.54 bits per heavy atom. The highest BCUT2D eigenvalue weighted by molar-refractivity contribution is 5.81. The van der Waals surface area contributed by atoms with Gasteiger partial charge in [0, 0.05) is 19.3 Å². The third kappa shape index (κ3) is 1.37. The van der Waals surface area contributed by atoms with Gasteiger partial charge in [-0.15, -0.1) is 0 Å². The van der Waals surface area contributed by atoms with E-state index >= 15 is 0 Å². The van der Waals surface area contributed by atoms with Gasteiger partial charge in [0.15, 0.2) is 0 Å². The van der Waals surface area contributed by atoms with E-state index in [4.69, 9.17) is 5.21 Å². The van der Waals surface area contributed by atoms with Crippen LogP contribution in [0.2, 0.25) is 0 Å². The molecule has 1 heterocycles. The van der Waals surface area contributed by atoms with Crippen LogP contribution < -0.4 is 4.90 Å². The third-order valence-corrected chi connectivity index (χ3v) is 2.44. The van der Waals surface area contributed by atoms with Crippen LogP contribution in [0, 0.1) is 0 Å². The highest BCUT2D eigenvalue weighted by Gasteiger charge is 2.14. The molecule has 0 aromatic heterocycles. The van der Waals surface area contributed by atoms with Crippen molar-refractivity contribution in [2.75, 3.05) is 18.5 Å². The zero-order chi connectivity index (χ0) is 9.26. The highest BCUT2D eigenvalue weighted by atomic mass is 16.4. The van der Waals surface area contributed by atoms with Crippen molar-refractivity contribution < 1.29 is 5.21 Å². The summed E-state index contributed by atoms with van der Waals surface area (Å²) in [5.74, 6) is 0. The van der Waals surface area contributed by atoms with E-state index in [1.54, 1.807) is 0 Å². The number of fused-ring (bicyclic) bond motifs is 1. The molecule has 0 radical (unpaired) electrons. The van der Waals surface area contributed by atoms with E-state index in [0.717, 1.165) is 18.5 Å². The van der Waals surface area contributed by atoms with E-state index < -0.39 is 0 Å². The molecule has 1 N–H and O–H groups in total. The number of nitrogens with zero attached hydrogens (tertiary/aromatic N) is 2. The minimum absolute atomic E-state index is 0.955. The smallest absolute Gasteiger partial charge is 0.0733 e. The van der Waals surface area contributed by atoms with E-state index in [9.17, 15) is 0 Å². The minimum atomic E-state index is 0.955. The lowest BCUT2D eigenvalue weighted by molar-refractivity contribution is 0.322. The number of likely N-dealkylation sites (N-methyl/N-ethyl adjacent to an activating group) is 1. The summed E-state index contributed by atoms with van der Waals surface area (Å²) in [5.41, 5.74) is 3.58. The van der Waals surface area contributed by atoms with Gasteiger partial charge in [0.2, 0.25) is 0 Å². The van der Waals surface area contributed by atoms with Gasteiger partial charge in [-0.05, 0) is 29.7 Å². The van der Waals surface area contributed by atoms with Crippen LogP contribution >= 0.6 is 0 Å². The Balaban J connectivity index is 2.39. The van der Waals surface area contributed by atoms with E-state index in [1.807, 2.05) is 6.07 Å². The number of hydrogen-bond donors (Lipinski definition) is 1. The van der Waals surface area contributed by atoms with Gasteiger partial charge in [0.25, 0.3) is 0 Å². The lowest BCUT2D eigenvalue weighted by Crippen LogP contribution is -2.12. The van der Waals surface area contributed by atoms with E-state index in [0.29, 0.717) is 0 Å². The van der Waals surface area contributed by atoms with Gasteiger partial charge < -0.3 is 10.1 Å². The molecule has 1 aliphatic rings. The first-order valence-electron chi connectivity index (χ1n) is 4.33. The van der Waals surface area contributed by atoms with Crippen molar-refractivity contribution in [3.05, 3.63) is 29.3 Å². The summed E-state index contributed by atoms with van der Waals surface area (Å²) in [5, 5.41) is 11.4. The van der Waals surface area contributed by atoms with E-state index in [-0.39, 0.29) is 0 Å². The fourth-order valence-electron chi connectivity index (χ4n) is 1.73. The van der Waals surface area contributed by atoms with Crippen molar-refractivity contribution in [1.29, 1.82) is 0 Å². The molecule has 1 aromatic carbocycles. The number of rotatable bonds is 1. The van der Waals surface area contributed by atoms with Crippen LogP contribution in [0.15, 0.2) is 23.4 Å². The highest BCUT2D eigenvalue weighted by Crippen LogP contribution is 2.26. The minimum Gasteiger partial charge on any atom is -0.411 e. The molecular weight excluding hydrogens is 164 g/mol. The SMILES string of the molecule is CN1CCc2cc(/C=N\O)ccc21. The van der Waals surface area contributed by atoms with Crippen LogP contribution in [0.5, 0.6) is 0 Å². The molecule has 0 saturated heterocycles. The maximum Gasteiger partial charge on any atom is 0.0733 e. The van der Waals surface area contributed by atoms with Crippen molar-refractivity contribution in [1.82, 2.24) is 0 Å². The van der Waals surface area contributed by atoms with Gasteiger partial charge in [-0.1, -0.05) is 11.2 Å². The largest absolute Gasteiger partial charge is 0.411 e. The Bertz CT molecular complexity index is 347. The van der Waals surface area contributed by atoms with Crippen LogP contribution in [0.1, 0.15) is 11.1 Å². The number of benzene rings is 1. The van der Waals surface area contributed by atoms with Crippen LogP contribution in [0.25, 0.3) is 0 Å². The van der Waals surface area contributed by atoms with Crippen LogP contribution in [-0.2, 0) is 6.42 Å². The van der Waals surface area contributed by atoms with Crippen molar-refractivity contribution in [2.45, 2.75) is 6.42 Å². The van der Waals surface area contributed by atoms with E-state index in [2.05, 4.69) is 29.2 Å². The summed E-state index contributed by atoms with van der Waals surface area (Å²) >= 11 is 0. The molecule has 2 rings (SSSR count). The summed E-state index contributed by atoms with van der Waals surface area (Å²) in [6.07, 6.45) is 2.54. The predicted octanol–water partition coefficient (Wildman–Crippen LogP) is 1.49. The molecule has 13 heavy (non-hydrogen) atoms. The number of anilines is 1. The Kier molecular flexibility index (Phi) is 1.93. The van der Waals surface area contributed by atoms with Gasteiger partial charge in [0.05, 0.1) is 6.21 Å².